The van der Waals surface area contributed by atoms with Gasteiger partial charge in [-0.15, -0.1) is 11.3 Å². The van der Waals surface area contributed by atoms with E-state index in [9.17, 15) is 4.79 Å². The number of aromatic nitrogens is 1. The number of anilines is 1. The molecule has 0 spiro atoms. The maximum atomic E-state index is 11.9. The van der Waals surface area contributed by atoms with Gasteiger partial charge in [0.05, 0.1) is 5.69 Å². The molecule has 1 aliphatic heterocycles. The molecule has 0 aliphatic carbocycles. The largest absolute Gasteiger partial charge is 0.330 e. The van der Waals surface area contributed by atoms with Gasteiger partial charge in [0.2, 0.25) is 5.91 Å². The summed E-state index contributed by atoms with van der Waals surface area (Å²) >= 11 is 1.63. The summed E-state index contributed by atoms with van der Waals surface area (Å²) in [6, 6.07) is 0. The van der Waals surface area contributed by atoms with Crippen LogP contribution in [0, 0.1) is 0 Å². The number of unbranched alkanes of at least 4 members (excludes halogenated alkanes) is 3. The Bertz CT molecular complexity index is 461. The number of nitrogens with zero attached hydrogens (tertiary/aromatic N) is 2. The molecule has 0 bridgehead atoms. The van der Waals surface area contributed by atoms with Crippen molar-refractivity contribution in [1.29, 1.82) is 0 Å². The Hall–Kier alpha value is -0.980. The minimum absolute atomic E-state index is 0.0844. The van der Waals surface area contributed by atoms with Crippen molar-refractivity contribution in [2.24, 2.45) is 5.73 Å². The van der Waals surface area contributed by atoms with Crippen LogP contribution in [0.3, 0.4) is 0 Å². The first kappa shape index (κ1) is 16.4. The van der Waals surface area contributed by atoms with Gasteiger partial charge in [0, 0.05) is 30.8 Å². The molecule has 0 saturated carbocycles. The molecular formula is C15H26N4OS. The highest BCUT2D eigenvalue weighted by Gasteiger charge is 2.20. The predicted octanol–water partition coefficient (Wildman–Crippen LogP) is 2.37. The Morgan fingerprint density at radius 3 is 2.95 bits per heavy atom. The molecule has 6 heteroatoms. The number of hydrogen-bond donors (Lipinski definition) is 2. The van der Waals surface area contributed by atoms with E-state index in [1.54, 1.807) is 11.3 Å². The molecule has 1 aliphatic rings. The molecule has 1 aromatic heterocycles. The zero-order valence-electron chi connectivity index (χ0n) is 12.9. The lowest BCUT2D eigenvalue weighted by Gasteiger charge is -2.23. The summed E-state index contributed by atoms with van der Waals surface area (Å²) in [5, 5.41) is 3.72. The lowest BCUT2D eigenvalue weighted by atomic mass is 10.1. The average molecular weight is 310 g/mol. The standard InChI is InChI=1S/C15H26N4OS/c1-2-19-10-8-12-13(11-19)21-15(17-12)18-14(20)7-5-3-4-6-9-16/h2-11,16H2,1H3,(H,17,18,20). The van der Waals surface area contributed by atoms with Crippen molar-refractivity contribution in [3.63, 3.8) is 0 Å². The van der Waals surface area contributed by atoms with Crippen molar-refractivity contribution < 1.29 is 4.79 Å². The molecule has 0 aromatic carbocycles. The van der Waals surface area contributed by atoms with Gasteiger partial charge in [-0.3, -0.25) is 9.69 Å². The van der Waals surface area contributed by atoms with Crippen molar-refractivity contribution in [2.75, 3.05) is 25.0 Å². The minimum Gasteiger partial charge on any atom is -0.330 e. The molecule has 0 atom stereocenters. The van der Waals surface area contributed by atoms with Gasteiger partial charge in [0.15, 0.2) is 5.13 Å². The van der Waals surface area contributed by atoms with Crippen LogP contribution >= 0.6 is 11.3 Å². The van der Waals surface area contributed by atoms with Crippen LogP contribution in [0.4, 0.5) is 5.13 Å². The average Bonchev–Trinajstić information content (AvgIpc) is 2.87. The number of fused-ring (bicyclic) bond motifs is 1. The number of carbonyl (C=O) groups excluding carboxylic acids is 1. The second-order valence-electron chi connectivity index (χ2n) is 5.51. The van der Waals surface area contributed by atoms with Crippen molar-refractivity contribution in [1.82, 2.24) is 9.88 Å². The van der Waals surface area contributed by atoms with E-state index >= 15 is 0 Å². The fourth-order valence-electron chi connectivity index (χ4n) is 2.54. The molecule has 5 nitrogen and oxygen atoms in total. The van der Waals surface area contributed by atoms with Gasteiger partial charge < -0.3 is 11.1 Å². The van der Waals surface area contributed by atoms with Gasteiger partial charge >= 0.3 is 0 Å². The number of carbonyl (C=O) groups is 1. The normalized spacial score (nSPS) is 15.0. The van der Waals surface area contributed by atoms with Crippen LogP contribution in [0.25, 0.3) is 0 Å². The predicted molar refractivity (Wildman–Crippen MR) is 87.5 cm³/mol. The second kappa shape index (κ2) is 8.46. The fraction of sp³-hybridized carbons (Fsp3) is 0.733. The number of rotatable bonds is 8. The van der Waals surface area contributed by atoms with E-state index < -0.39 is 0 Å². The van der Waals surface area contributed by atoms with Crippen LogP contribution in [0.5, 0.6) is 0 Å². The highest BCUT2D eigenvalue weighted by Crippen LogP contribution is 2.28. The Morgan fingerprint density at radius 1 is 1.38 bits per heavy atom. The molecule has 0 unspecified atom stereocenters. The second-order valence-corrected chi connectivity index (χ2v) is 6.59. The molecular weight excluding hydrogens is 284 g/mol. The first-order chi connectivity index (χ1) is 10.2. The Balaban J connectivity index is 1.76. The van der Waals surface area contributed by atoms with E-state index in [0.29, 0.717) is 6.42 Å². The summed E-state index contributed by atoms with van der Waals surface area (Å²) in [5.74, 6) is 0.0844. The monoisotopic (exact) mass is 310 g/mol. The molecule has 2 rings (SSSR count). The van der Waals surface area contributed by atoms with Gasteiger partial charge in [-0.05, 0) is 25.9 Å². The fourth-order valence-corrected chi connectivity index (χ4v) is 3.60. The van der Waals surface area contributed by atoms with Crippen molar-refractivity contribution in [3.05, 3.63) is 10.6 Å². The smallest absolute Gasteiger partial charge is 0.226 e. The van der Waals surface area contributed by atoms with E-state index in [1.165, 1.54) is 10.6 Å². The first-order valence-electron chi connectivity index (χ1n) is 7.93. The summed E-state index contributed by atoms with van der Waals surface area (Å²) < 4.78 is 0. The molecule has 1 aromatic rings. The van der Waals surface area contributed by atoms with Gasteiger partial charge in [0.25, 0.3) is 0 Å². The number of nitrogens with two attached hydrogens (primary N) is 1. The number of thiazole rings is 1. The zero-order valence-corrected chi connectivity index (χ0v) is 13.7. The molecule has 21 heavy (non-hydrogen) atoms. The minimum atomic E-state index is 0.0844. The van der Waals surface area contributed by atoms with Gasteiger partial charge in [0.1, 0.15) is 0 Å². The van der Waals surface area contributed by atoms with Gasteiger partial charge in [-0.25, -0.2) is 4.98 Å². The van der Waals surface area contributed by atoms with Crippen LogP contribution in [0.15, 0.2) is 0 Å². The van der Waals surface area contributed by atoms with Crippen molar-refractivity contribution in [3.8, 4) is 0 Å². The van der Waals surface area contributed by atoms with Crippen LogP contribution in [-0.4, -0.2) is 35.4 Å². The maximum Gasteiger partial charge on any atom is 0.226 e. The molecule has 0 fully saturated rings. The molecule has 0 radical (unpaired) electrons. The van der Waals surface area contributed by atoms with Gasteiger partial charge in [-0.2, -0.15) is 0 Å². The van der Waals surface area contributed by atoms with E-state index in [-0.39, 0.29) is 5.91 Å². The summed E-state index contributed by atoms with van der Waals surface area (Å²) in [6.07, 6.45) is 5.74. The van der Waals surface area contributed by atoms with E-state index in [0.717, 1.165) is 63.4 Å². The number of likely N-dealkylation sites (N-methyl/N-ethyl adjacent to an activating group) is 1. The molecule has 118 valence electrons. The maximum absolute atomic E-state index is 11.9. The molecule has 1 amide bonds. The van der Waals surface area contributed by atoms with E-state index in [4.69, 9.17) is 5.73 Å². The lowest BCUT2D eigenvalue weighted by molar-refractivity contribution is -0.116. The van der Waals surface area contributed by atoms with Crippen LogP contribution in [-0.2, 0) is 17.8 Å². The molecule has 0 saturated heterocycles. The van der Waals surface area contributed by atoms with E-state index in [1.807, 2.05) is 0 Å². The summed E-state index contributed by atoms with van der Waals surface area (Å²) in [6.45, 7) is 6.03. The SMILES string of the molecule is CCN1CCc2nc(NC(=O)CCCCCCN)sc2C1. The Morgan fingerprint density at radius 2 is 2.19 bits per heavy atom. The molecule has 3 N–H and O–H groups in total. The van der Waals surface area contributed by atoms with Crippen LogP contribution in [0.1, 0.15) is 49.6 Å². The highest BCUT2D eigenvalue weighted by atomic mass is 32.1. The third kappa shape index (κ3) is 5.05. The number of nitrogens with one attached hydrogen (secondary N) is 1. The zero-order chi connectivity index (χ0) is 15.1. The number of amides is 1. The van der Waals surface area contributed by atoms with Crippen molar-refractivity contribution in [2.45, 2.75) is 52.0 Å². The lowest BCUT2D eigenvalue weighted by Crippen LogP contribution is -2.29. The summed E-state index contributed by atoms with van der Waals surface area (Å²) in [5.41, 5.74) is 6.62. The number of hydrogen-bond acceptors (Lipinski definition) is 5. The highest BCUT2D eigenvalue weighted by molar-refractivity contribution is 7.15. The molecule has 2 heterocycles. The quantitative estimate of drug-likeness (QED) is 0.723. The third-order valence-electron chi connectivity index (χ3n) is 3.86. The van der Waals surface area contributed by atoms with E-state index in [2.05, 4.69) is 22.1 Å². The first-order valence-corrected chi connectivity index (χ1v) is 8.75. The summed E-state index contributed by atoms with van der Waals surface area (Å²) in [7, 11) is 0. The van der Waals surface area contributed by atoms with Crippen LogP contribution in [0.2, 0.25) is 0 Å². The summed E-state index contributed by atoms with van der Waals surface area (Å²) in [4.78, 5) is 20.2. The van der Waals surface area contributed by atoms with Gasteiger partial charge in [-0.1, -0.05) is 19.8 Å². The Labute approximate surface area is 130 Å². The van der Waals surface area contributed by atoms with Crippen molar-refractivity contribution >= 4 is 22.4 Å². The topological polar surface area (TPSA) is 71.2 Å². The van der Waals surface area contributed by atoms with Crippen LogP contribution < -0.4 is 11.1 Å². The Kier molecular flexibility index (Phi) is 6.60. The third-order valence-corrected chi connectivity index (χ3v) is 4.86.